The monoisotopic (exact) mass is 213 g/mol. The Balaban J connectivity index is 2.53. The van der Waals surface area contributed by atoms with Gasteiger partial charge in [0.15, 0.2) is 10.9 Å². The molecule has 1 aromatic carbocycles. The summed E-state index contributed by atoms with van der Waals surface area (Å²) < 4.78 is 4.97. The summed E-state index contributed by atoms with van der Waals surface area (Å²) in [6, 6.07) is 9.45. The molecule has 0 aliphatic heterocycles. The lowest BCUT2D eigenvalue weighted by molar-refractivity contribution is 0.432. The zero-order chi connectivity index (χ0) is 9.26. The Labute approximate surface area is 85.1 Å². The van der Waals surface area contributed by atoms with E-state index in [9.17, 15) is 0 Å². The first-order valence-electron chi connectivity index (χ1n) is 3.65. The van der Waals surface area contributed by atoms with Gasteiger partial charge in [-0.1, -0.05) is 58.7 Å². The molecule has 0 aliphatic carbocycles. The molecule has 2 rings (SSSR count). The van der Waals surface area contributed by atoms with E-state index in [0.717, 1.165) is 5.56 Å². The van der Waals surface area contributed by atoms with Gasteiger partial charge in [0.1, 0.15) is 5.02 Å². The molecule has 0 unspecified atom stereocenters. The highest BCUT2D eigenvalue weighted by atomic mass is 35.5. The van der Waals surface area contributed by atoms with E-state index in [4.69, 9.17) is 27.7 Å². The summed E-state index contributed by atoms with van der Waals surface area (Å²) in [7, 11) is 0. The quantitative estimate of drug-likeness (QED) is 0.723. The third kappa shape index (κ3) is 1.55. The number of aromatic nitrogens is 1. The Kier molecular flexibility index (Phi) is 2.25. The highest BCUT2D eigenvalue weighted by Gasteiger charge is 2.13. The molecule has 0 aliphatic rings. The Morgan fingerprint density at radius 2 is 1.77 bits per heavy atom. The average Bonchev–Trinajstić information content (AvgIpc) is 2.49. The first kappa shape index (κ1) is 8.60. The fraction of sp³-hybridized carbons (Fsp3) is 0. The molecule has 0 N–H and O–H groups in total. The van der Waals surface area contributed by atoms with Crippen molar-refractivity contribution in [2.45, 2.75) is 0 Å². The predicted octanol–water partition coefficient (Wildman–Crippen LogP) is 3.65. The van der Waals surface area contributed by atoms with E-state index in [1.807, 2.05) is 30.3 Å². The zero-order valence-electron chi connectivity index (χ0n) is 6.50. The van der Waals surface area contributed by atoms with Gasteiger partial charge in [0.2, 0.25) is 0 Å². The van der Waals surface area contributed by atoms with Gasteiger partial charge < -0.3 is 4.52 Å². The van der Waals surface area contributed by atoms with E-state index in [-0.39, 0.29) is 5.15 Å². The third-order valence-electron chi connectivity index (χ3n) is 1.63. The molecule has 13 heavy (non-hydrogen) atoms. The number of rotatable bonds is 1. The summed E-state index contributed by atoms with van der Waals surface area (Å²) in [6.45, 7) is 0. The molecular weight excluding hydrogens is 209 g/mol. The Bertz CT molecular complexity index is 411. The molecule has 0 saturated heterocycles. The Morgan fingerprint density at radius 1 is 1.08 bits per heavy atom. The van der Waals surface area contributed by atoms with Crippen molar-refractivity contribution in [3.63, 3.8) is 0 Å². The van der Waals surface area contributed by atoms with Crippen LogP contribution in [0.4, 0.5) is 0 Å². The van der Waals surface area contributed by atoms with Crippen molar-refractivity contribution in [1.29, 1.82) is 0 Å². The molecule has 0 spiro atoms. The van der Waals surface area contributed by atoms with E-state index in [0.29, 0.717) is 10.8 Å². The van der Waals surface area contributed by atoms with Crippen molar-refractivity contribution < 1.29 is 4.52 Å². The molecule has 1 heterocycles. The minimum absolute atomic E-state index is 0.195. The summed E-state index contributed by atoms with van der Waals surface area (Å²) in [5, 5.41) is 4.10. The van der Waals surface area contributed by atoms with E-state index < -0.39 is 0 Å². The zero-order valence-corrected chi connectivity index (χ0v) is 8.01. The van der Waals surface area contributed by atoms with Crippen molar-refractivity contribution in [3.8, 4) is 11.3 Å². The normalized spacial score (nSPS) is 10.3. The minimum atomic E-state index is 0.195. The lowest BCUT2D eigenvalue weighted by Gasteiger charge is -1.93. The summed E-state index contributed by atoms with van der Waals surface area (Å²) >= 11 is 11.5. The van der Waals surface area contributed by atoms with Gasteiger partial charge in [-0.15, -0.1) is 0 Å². The number of benzene rings is 1. The summed E-state index contributed by atoms with van der Waals surface area (Å²) in [5.41, 5.74) is 0.868. The highest BCUT2D eigenvalue weighted by Crippen LogP contribution is 2.32. The van der Waals surface area contributed by atoms with Gasteiger partial charge in [-0.2, -0.15) is 0 Å². The van der Waals surface area contributed by atoms with Crippen molar-refractivity contribution >= 4 is 23.2 Å². The molecule has 2 nitrogen and oxygen atoms in total. The van der Waals surface area contributed by atoms with Crippen LogP contribution in [0.2, 0.25) is 10.2 Å². The summed E-state index contributed by atoms with van der Waals surface area (Å²) in [5.74, 6) is 0.507. The van der Waals surface area contributed by atoms with Gasteiger partial charge >= 0.3 is 0 Å². The predicted molar refractivity (Wildman–Crippen MR) is 52.0 cm³/mol. The lowest BCUT2D eigenvalue weighted by atomic mass is 10.2. The van der Waals surface area contributed by atoms with Gasteiger partial charge in [0.05, 0.1) is 0 Å². The molecule has 4 heteroatoms. The number of hydrogen-bond acceptors (Lipinski definition) is 2. The van der Waals surface area contributed by atoms with Gasteiger partial charge in [0, 0.05) is 5.56 Å². The molecule has 66 valence electrons. The van der Waals surface area contributed by atoms with Crippen LogP contribution in [0.25, 0.3) is 11.3 Å². The van der Waals surface area contributed by atoms with Crippen molar-refractivity contribution in [2.75, 3.05) is 0 Å². The van der Waals surface area contributed by atoms with Crippen LogP contribution in [-0.2, 0) is 0 Å². The first-order chi connectivity index (χ1) is 6.29. The number of halogens is 2. The largest absolute Gasteiger partial charge is 0.353 e. The summed E-state index contributed by atoms with van der Waals surface area (Å²) in [4.78, 5) is 0. The average molecular weight is 214 g/mol. The molecule has 2 aromatic rings. The fourth-order valence-electron chi connectivity index (χ4n) is 1.03. The van der Waals surface area contributed by atoms with Gasteiger partial charge in [0.25, 0.3) is 0 Å². The Hall–Kier alpha value is -0.990. The SMILES string of the molecule is Clc1noc(-c2ccccc2)c1Cl. The van der Waals surface area contributed by atoms with Crippen LogP contribution in [0.5, 0.6) is 0 Å². The number of hydrogen-bond donors (Lipinski definition) is 0. The van der Waals surface area contributed by atoms with Gasteiger partial charge in [-0.05, 0) is 0 Å². The van der Waals surface area contributed by atoms with Crippen molar-refractivity contribution in [1.82, 2.24) is 5.16 Å². The maximum Gasteiger partial charge on any atom is 0.191 e. The topological polar surface area (TPSA) is 26.0 Å². The van der Waals surface area contributed by atoms with E-state index in [2.05, 4.69) is 5.16 Å². The van der Waals surface area contributed by atoms with Crippen LogP contribution >= 0.6 is 23.2 Å². The van der Waals surface area contributed by atoms with Crippen LogP contribution in [-0.4, -0.2) is 5.16 Å². The van der Waals surface area contributed by atoms with Gasteiger partial charge in [-0.25, -0.2) is 0 Å². The second kappa shape index (κ2) is 3.40. The second-order valence-corrected chi connectivity index (χ2v) is 3.22. The molecular formula is C9H5Cl2NO. The minimum Gasteiger partial charge on any atom is -0.353 e. The standard InChI is InChI=1S/C9H5Cl2NO/c10-7-8(13-12-9(7)11)6-4-2-1-3-5-6/h1-5H. The lowest BCUT2D eigenvalue weighted by Crippen LogP contribution is -1.72. The Morgan fingerprint density at radius 3 is 2.31 bits per heavy atom. The fourth-order valence-corrected chi connectivity index (χ4v) is 1.33. The molecule has 0 radical (unpaired) electrons. The summed E-state index contributed by atoms with van der Waals surface area (Å²) in [6.07, 6.45) is 0. The van der Waals surface area contributed by atoms with Crippen molar-refractivity contribution in [3.05, 3.63) is 40.5 Å². The van der Waals surface area contributed by atoms with Crippen molar-refractivity contribution in [2.24, 2.45) is 0 Å². The van der Waals surface area contributed by atoms with Crippen LogP contribution < -0.4 is 0 Å². The van der Waals surface area contributed by atoms with E-state index in [1.54, 1.807) is 0 Å². The maximum atomic E-state index is 5.86. The molecule has 0 atom stereocenters. The molecule has 0 amide bonds. The smallest absolute Gasteiger partial charge is 0.191 e. The van der Waals surface area contributed by atoms with Crippen LogP contribution in [0.1, 0.15) is 0 Å². The molecule has 0 saturated carbocycles. The van der Waals surface area contributed by atoms with E-state index in [1.165, 1.54) is 0 Å². The molecule has 0 bridgehead atoms. The van der Waals surface area contributed by atoms with E-state index >= 15 is 0 Å². The highest BCUT2D eigenvalue weighted by molar-refractivity contribution is 6.42. The second-order valence-electron chi connectivity index (χ2n) is 2.48. The number of nitrogens with zero attached hydrogens (tertiary/aromatic N) is 1. The van der Waals surface area contributed by atoms with Gasteiger partial charge in [-0.3, -0.25) is 0 Å². The van der Waals surface area contributed by atoms with Crippen LogP contribution in [0, 0.1) is 0 Å². The van der Waals surface area contributed by atoms with Crippen LogP contribution in [0.15, 0.2) is 34.9 Å². The third-order valence-corrected chi connectivity index (χ3v) is 2.34. The van der Waals surface area contributed by atoms with Crippen LogP contribution in [0.3, 0.4) is 0 Å². The molecule has 0 fully saturated rings. The maximum absolute atomic E-state index is 5.86. The molecule has 1 aromatic heterocycles. The first-order valence-corrected chi connectivity index (χ1v) is 4.40.